The molecule has 3 aromatic rings. The predicted molar refractivity (Wildman–Crippen MR) is 91.9 cm³/mol. The van der Waals surface area contributed by atoms with Crippen LogP contribution in [-0.2, 0) is 4.74 Å². The number of para-hydroxylation sites is 1. The van der Waals surface area contributed by atoms with Gasteiger partial charge in [0.05, 0.1) is 11.5 Å². The molecule has 0 amide bonds. The zero-order chi connectivity index (χ0) is 15.2. The summed E-state index contributed by atoms with van der Waals surface area (Å²) in [7, 11) is 0. The molecule has 0 bridgehead atoms. The maximum absolute atomic E-state index is 5.40. The normalized spacial score (nSPS) is 11.0. The molecule has 3 rings (SSSR count). The summed E-state index contributed by atoms with van der Waals surface area (Å²) in [5.41, 5.74) is 1.08. The topological polar surface area (TPSA) is 39.9 Å². The van der Waals surface area contributed by atoms with Gasteiger partial charge in [0.25, 0.3) is 0 Å². The summed E-state index contributed by atoms with van der Waals surface area (Å²) in [6.07, 6.45) is 0. The third kappa shape index (κ3) is 3.40. The number of hydrogen-bond acceptors (Lipinski definition) is 5. The Morgan fingerprint density at radius 1 is 1.14 bits per heavy atom. The Labute approximate surface area is 138 Å². The van der Waals surface area contributed by atoms with Gasteiger partial charge in [0.15, 0.2) is 11.0 Å². The van der Waals surface area contributed by atoms with Crippen LogP contribution in [0.5, 0.6) is 0 Å². The zero-order valence-corrected chi connectivity index (χ0v) is 13.9. The first-order valence-electron chi connectivity index (χ1n) is 7.15. The van der Waals surface area contributed by atoms with Gasteiger partial charge in [-0.25, -0.2) is 0 Å². The van der Waals surface area contributed by atoms with Crippen LogP contribution >= 0.6 is 23.1 Å². The molecule has 0 fully saturated rings. The van der Waals surface area contributed by atoms with Crippen molar-refractivity contribution in [1.82, 2.24) is 14.8 Å². The summed E-state index contributed by atoms with van der Waals surface area (Å²) in [6, 6.07) is 14.3. The van der Waals surface area contributed by atoms with E-state index < -0.39 is 0 Å². The largest absolute Gasteiger partial charge is 0.381 e. The molecule has 114 valence electrons. The van der Waals surface area contributed by atoms with Crippen molar-refractivity contribution in [3.05, 3.63) is 47.8 Å². The van der Waals surface area contributed by atoms with E-state index >= 15 is 0 Å². The van der Waals surface area contributed by atoms with E-state index in [1.165, 1.54) is 0 Å². The first-order valence-corrected chi connectivity index (χ1v) is 9.02. The molecule has 0 aliphatic rings. The molecule has 4 nitrogen and oxygen atoms in total. The van der Waals surface area contributed by atoms with Crippen LogP contribution in [-0.4, -0.2) is 33.7 Å². The second-order valence-corrected chi connectivity index (χ2v) is 6.51. The van der Waals surface area contributed by atoms with Gasteiger partial charge in [-0.05, 0) is 30.5 Å². The van der Waals surface area contributed by atoms with Crippen molar-refractivity contribution in [2.75, 3.05) is 19.0 Å². The van der Waals surface area contributed by atoms with Gasteiger partial charge in [-0.2, -0.15) is 0 Å². The molecule has 22 heavy (non-hydrogen) atoms. The van der Waals surface area contributed by atoms with Gasteiger partial charge < -0.3 is 4.74 Å². The highest BCUT2D eigenvalue weighted by Crippen LogP contribution is 2.30. The van der Waals surface area contributed by atoms with Crippen LogP contribution in [0.2, 0.25) is 0 Å². The summed E-state index contributed by atoms with van der Waals surface area (Å²) in [5.74, 6) is 1.75. The molecular weight excluding hydrogens is 314 g/mol. The summed E-state index contributed by atoms with van der Waals surface area (Å²) < 4.78 is 7.52. The Morgan fingerprint density at radius 2 is 2.00 bits per heavy atom. The second kappa shape index (κ2) is 7.58. The van der Waals surface area contributed by atoms with Crippen LogP contribution in [0.4, 0.5) is 0 Å². The molecule has 0 aliphatic heterocycles. The minimum atomic E-state index is 0.719. The van der Waals surface area contributed by atoms with Crippen LogP contribution in [0, 0.1) is 0 Å². The lowest BCUT2D eigenvalue weighted by Crippen LogP contribution is -2.01. The van der Waals surface area contributed by atoms with Crippen LogP contribution in [0.15, 0.2) is 53.0 Å². The zero-order valence-electron chi connectivity index (χ0n) is 12.3. The van der Waals surface area contributed by atoms with Gasteiger partial charge in [-0.15, -0.1) is 21.5 Å². The summed E-state index contributed by atoms with van der Waals surface area (Å²) in [6.45, 7) is 3.47. The Morgan fingerprint density at radius 3 is 2.73 bits per heavy atom. The molecule has 0 N–H and O–H groups in total. The Hall–Kier alpha value is -1.63. The Kier molecular flexibility index (Phi) is 5.26. The molecular formula is C16H17N3OS2. The quantitative estimate of drug-likeness (QED) is 0.482. The third-order valence-electron chi connectivity index (χ3n) is 3.05. The smallest absolute Gasteiger partial charge is 0.196 e. The lowest BCUT2D eigenvalue weighted by molar-refractivity contribution is 0.164. The fourth-order valence-electron chi connectivity index (χ4n) is 2.07. The first kappa shape index (κ1) is 15.3. The van der Waals surface area contributed by atoms with E-state index in [2.05, 4.69) is 38.3 Å². The molecule has 2 aromatic heterocycles. The van der Waals surface area contributed by atoms with E-state index in [9.17, 15) is 0 Å². The number of aromatic nitrogens is 3. The number of thiophene rings is 1. The molecule has 6 heteroatoms. The van der Waals surface area contributed by atoms with Crippen molar-refractivity contribution in [2.24, 2.45) is 0 Å². The Balaban J connectivity index is 1.93. The third-order valence-corrected chi connectivity index (χ3v) is 4.81. The first-order chi connectivity index (χ1) is 10.9. The van der Waals surface area contributed by atoms with E-state index in [4.69, 9.17) is 4.74 Å². The van der Waals surface area contributed by atoms with Crippen molar-refractivity contribution < 1.29 is 4.74 Å². The maximum atomic E-state index is 5.40. The number of ether oxygens (including phenoxy) is 1. The molecule has 0 saturated carbocycles. The molecule has 0 saturated heterocycles. The van der Waals surface area contributed by atoms with Crippen LogP contribution in [0.25, 0.3) is 16.4 Å². The van der Waals surface area contributed by atoms with Crippen molar-refractivity contribution in [1.29, 1.82) is 0 Å². The monoisotopic (exact) mass is 331 g/mol. The van der Waals surface area contributed by atoms with Crippen molar-refractivity contribution in [2.45, 2.75) is 12.1 Å². The maximum Gasteiger partial charge on any atom is 0.196 e. The number of thioether (sulfide) groups is 1. The number of hydrogen-bond donors (Lipinski definition) is 0. The van der Waals surface area contributed by atoms with Gasteiger partial charge in [0.1, 0.15) is 0 Å². The lowest BCUT2D eigenvalue weighted by atomic mass is 10.3. The SMILES string of the molecule is CCOCCSc1nnc(-c2cccs2)n1-c1ccccc1. The Bertz CT molecular complexity index is 696. The van der Waals surface area contributed by atoms with Crippen LogP contribution < -0.4 is 0 Å². The van der Waals surface area contributed by atoms with Crippen molar-refractivity contribution in [3.63, 3.8) is 0 Å². The molecule has 0 spiro atoms. The molecule has 0 aliphatic carbocycles. The van der Waals surface area contributed by atoms with E-state index in [0.717, 1.165) is 40.5 Å². The highest BCUT2D eigenvalue weighted by Gasteiger charge is 2.16. The number of nitrogens with zero attached hydrogens (tertiary/aromatic N) is 3. The van der Waals surface area contributed by atoms with Crippen LogP contribution in [0.3, 0.4) is 0 Å². The average Bonchev–Trinajstić information content (AvgIpc) is 3.21. The van der Waals surface area contributed by atoms with Crippen molar-refractivity contribution >= 4 is 23.1 Å². The summed E-state index contributed by atoms with van der Waals surface area (Å²) >= 11 is 3.34. The minimum absolute atomic E-state index is 0.719. The predicted octanol–water partition coefficient (Wildman–Crippen LogP) is 4.12. The second-order valence-electron chi connectivity index (χ2n) is 4.50. The van der Waals surface area contributed by atoms with E-state index in [-0.39, 0.29) is 0 Å². The van der Waals surface area contributed by atoms with E-state index in [1.807, 2.05) is 31.2 Å². The number of rotatable bonds is 7. The van der Waals surface area contributed by atoms with Gasteiger partial charge in [-0.1, -0.05) is 36.0 Å². The molecule has 0 radical (unpaired) electrons. The lowest BCUT2D eigenvalue weighted by Gasteiger charge is -2.09. The molecule has 0 atom stereocenters. The number of benzene rings is 1. The van der Waals surface area contributed by atoms with Gasteiger partial charge >= 0.3 is 0 Å². The fourth-order valence-corrected chi connectivity index (χ4v) is 3.58. The van der Waals surface area contributed by atoms with E-state index in [0.29, 0.717) is 0 Å². The highest BCUT2D eigenvalue weighted by molar-refractivity contribution is 7.99. The molecule has 0 unspecified atom stereocenters. The standard InChI is InChI=1S/C16H17N3OS2/c1-2-20-10-12-22-16-18-17-15(14-9-6-11-21-14)19(16)13-7-4-3-5-8-13/h3-9,11H,2,10,12H2,1H3. The minimum Gasteiger partial charge on any atom is -0.381 e. The van der Waals surface area contributed by atoms with Gasteiger partial charge in [0, 0.05) is 18.0 Å². The average molecular weight is 331 g/mol. The molecule has 2 heterocycles. The highest BCUT2D eigenvalue weighted by atomic mass is 32.2. The van der Waals surface area contributed by atoms with Gasteiger partial charge in [-0.3, -0.25) is 4.57 Å². The van der Waals surface area contributed by atoms with Crippen molar-refractivity contribution in [3.8, 4) is 16.4 Å². The fraction of sp³-hybridized carbons (Fsp3) is 0.250. The van der Waals surface area contributed by atoms with Gasteiger partial charge in [0.2, 0.25) is 0 Å². The summed E-state index contributed by atoms with van der Waals surface area (Å²) in [5, 5.41) is 11.7. The molecule has 1 aromatic carbocycles. The van der Waals surface area contributed by atoms with E-state index in [1.54, 1.807) is 23.1 Å². The van der Waals surface area contributed by atoms with Crippen LogP contribution in [0.1, 0.15) is 6.92 Å². The summed E-state index contributed by atoms with van der Waals surface area (Å²) in [4.78, 5) is 1.12.